The second-order valence-corrected chi connectivity index (χ2v) is 8.76. The molecule has 0 unspecified atom stereocenters. The van der Waals surface area contributed by atoms with E-state index >= 15 is 0 Å². The molecule has 0 amide bonds. The summed E-state index contributed by atoms with van der Waals surface area (Å²) in [6, 6.07) is 14.4. The zero-order valence-corrected chi connectivity index (χ0v) is 17.4. The van der Waals surface area contributed by atoms with E-state index in [4.69, 9.17) is 12.2 Å². The Kier molecular flexibility index (Phi) is 4.57. The molecule has 4 aromatic heterocycles. The maximum absolute atomic E-state index is 13.2. The van der Waals surface area contributed by atoms with E-state index in [2.05, 4.69) is 15.2 Å². The van der Waals surface area contributed by atoms with Crippen LogP contribution < -0.4 is 0 Å². The van der Waals surface area contributed by atoms with E-state index in [0.717, 1.165) is 28.4 Å². The van der Waals surface area contributed by atoms with Crippen molar-refractivity contribution in [1.82, 2.24) is 19.7 Å². The lowest BCUT2D eigenvalue weighted by molar-refractivity contribution is -0.137. The first-order chi connectivity index (χ1) is 14.4. The van der Waals surface area contributed by atoms with Gasteiger partial charge in [-0.1, -0.05) is 24.3 Å². The van der Waals surface area contributed by atoms with Crippen LogP contribution in [0, 0.1) is 4.77 Å². The van der Waals surface area contributed by atoms with Gasteiger partial charge in [-0.15, -0.1) is 22.7 Å². The van der Waals surface area contributed by atoms with Crippen LogP contribution in [0.5, 0.6) is 0 Å². The third kappa shape index (κ3) is 3.17. The summed E-state index contributed by atoms with van der Waals surface area (Å²) in [4.78, 5) is 5.79. The minimum Gasteiger partial charge on any atom is -0.267 e. The maximum atomic E-state index is 13.2. The quantitative estimate of drug-likeness (QED) is 0.296. The number of halogens is 3. The molecule has 1 N–H and O–H groups in total. The number of hydrogen-bond acceptors (Lipinski definition) is 5. The van der Waals surface area contributed by atoms with Crippen molar-refractivity contribution in [3.8, 4) is 26.8 Å². The number of para-hydroxylation sites is 1. The van der Waals surface area contributed by atoms with Crippen molar-refractivity contribution in [3.05, 3.63) is 70.4 Å². The van der Waals surface area contributed by atoms with E-state index in [0.29, 0.717) is 25.7 Å². The van der Waals surface area contributed by atoms with E-state index < -0.39 is 11.7 Å². The van der Waals surface area contributed by atoms with Crippen molar-refractivity contribution in [2.45, 2.75) is 6.18 Å². The van der Waals surface area contributed by atoms with Crippen LogP contribution in [0.1, 0.15) is 5.56 Å². The Balaban J connectivity index is 1.82. The minimum atomic E-state index is -4.46. The number of pyridine rings is 1. The van der Waals surface area contributed by atoms with Crippen LogP contribution in [-0.2, 0) is 6.18 Å². The summed E-state index contributed by atoms with van der Waals surface area (Å²) < 4.78 is 42.3. The number of rotatable bonds is 3. The van der Waals surface area contributed by atoms with Crippen molar-refractivity contribution in [1.29, 1.82) is 0 Å². The molecular formula is C20H11F3N4S3. The number of hydrogen-bond donors (Lipinski definition) is 1. The maximum Gasteiger partial charge on any atom is 0.417 e. The summed E-state index contributed by atoms with van der Waals surface area (Å²) in [5.74, 6) is 0.533. The summed E-state index contributed by atoms with van der Waals surface area (Å²) in [5.41, 5.74) is 1.30. The fourth-order valence-corrected chi connectivity index (χ4v) is 5.48. The molecule has 5 aromatic rings. The van der Waals surface area contributed by atoms with E-state index in [1.807, 2.05) is 47.8 Å². The summed E-state index contributed by atoms with van der Waals surface area (Å²) in [7, 11) is 0. The molecule has 0 bridgehead atoms. The van der Waals surface area contributed by atoms with Crippen LogP contribution in [0.3, 0.4) is 0 Å². The van der Waals surface area contributed by atoms with Gasteiger partial charge < -0.3 is 0 Å². The lowest BCUT2D eigenvalue weighted by Gasteiger charge is -2.07. The Bertz CT molecular complexity index is 1400. The number of nitrogens with zero attached hydrogens (tertiary/aromatic N) is 3. The van der Waals surface area contributed by atoms with Crippen molar-refractivity contribution < 1.29 is 13.2 Å². The highest BCUT2D eigenvalue weighted by molar-refractivity contribution is 7.71. The molecule has 0 atom stereocenters. The van der Waals surface area contributed by atoms with E-state index in [1.54, 1.807) is 4.57 Å². The van der Waals surface area contributed by atoms with E-state index in [-0.39, 0.29) is 0 Å². The lowest BCUT2D eigenvalue weighted by Crippen LogP contribution is -2.04. The van der Waals surface area contributed by atoms with Crippen molar-refractivity contribution >= 4 is 45.1 Å². The summed E-state index contributed by atoms with van der Waals surface area (Å²) in [5, 5.41) is 9.14. The SMILES string of the molecule is FC(F)(F)c1cnc2c(-c3cccs3)c(-c3n[nH]c(=S)n3-c3ccccc3)sc2c1. The number of fused-ring (bicyclic) bond motifs is 1. The van der Waals surface area contributed by atoms with Crippen LogP contribution in [0.25, 0.3) is 37.0 Å². The highest BCUT2D eigenvalue weighted by atomic mass is 32.1. The number of thiophene rings is 2. The van der Waals surface area contributed by atoms with Gasteiger partial charge in [-0.3, -0.25) is 14.6 Å². The number of benzene rings is 1. The first-order valence-electron chi connectivity index (χ1n) is 8.70. The Labute approximate surface area is 181 Å². The molecular weight excluding hydrogens is 449 g/mol. The molecule has 0 aliphatic heterocycles. The van der Waals surface area contributed by atoms with Crippen molar-refractivity contribution in [2.75, 3.05) is 0 Å². The van der Waals surface area contributed by atoms with Crippen molar-refractivity contribution in [3.63, 3.8) is 0 Å². The first kappa shape index (κ1) is 19.2. The van der Waals surface area contributed by atoms with E-state index in [9.17, 15) is 13.2 Å². The molecule has 0 spiro atoms. The molecule has 4 nitrogen and oxygen atoms in total. The number of alkyl halides is 3. The largest absolute Gasteiger partial charge is 0.417 e. The van der Waals surface area contributed by atoms with E-state index in [1.165, 1.54) is 22.7 Å². The molecule has 4 heterocycles. The van der Waals surface area contributed by atoms with Crippen molar-refractivity contribution in [2.24, 2.45) is 0 Å². The van der Waals surface area contributed by atoms with Crippen LogP contribution in [0.15, 0.2) is 60.1 Å². The Hall–Kier alpha value is -2.82. The molecule has 10 heteroatoms. The second kappa shape index (κ2) is 7.15. The van der Waals surface area contributed by atoms with Gasteiger partial charge in [0.25, 0.3) is 0 Å². The second-order valence-electron chi connectivity index (χ2n) is 6.38. The smallest absolute Gasteiger partial charge is 0.267 e. The topological polar surface area (TPSA) is 46.5 Å². The molecule has 0 aliphatic rings. The molecule has 5 rings (SSSR count). The van der Waals surface area contributed by atoms with Crippen LogP contribution in [0.2, 0.25) is 0 Å². The number of aromatic amines is 1. The number of H-pyrrole nitrogens is 1. The molecule has 30 heavy (non-hydrogen) atoms. The summed E-state index contributed by atoms with van der Waals surface area (Å²) in [6.07, 6.45) is -3.58. The Morgan fingerprint density at radius 3 is 2.57 bits per heavy atom. The standard InChI is InChI=1S/C20H11F3N4S3/c21-20(22,23)11-9-14-16(24-10-11)15(13-7-4-8-29-13)17(30-14)18-25-26-19(28)27(18)12-5-2-1-3-6-12/h1-10H,(H,26,28). The van der Waals surface area contributed by atoms with Gasteiger partial charge in [-0.05, 0) is 41.9 Å². The predicted octanol–water partition coefficient (Wildman–Crippen LogP) is 6.95. The van der Waals surface area contributed by atoms with Crippen LogP contribution in [0.4, 0.5) is 13.2 Å². The average Bonchev–Trinajstić information content (AvgIpc) is 3.45. The summed E-state index contributed by atoms with van der Waals surface area (Å²) in [6.45, 7) is 0. The third-order valence-electron chi connectivity index (χ3n) is 4.51. The Morgan fingerprint density at radius 1 is 1.07 bits per heavy atom. The zero-order chi connectivity index (χ0) is 20.9. The van der Waals surface area contributed by atoms with Gasteiger partial charge in [0.2, 0.25) is 0 Å². The normalized spacial score (nSPS) is 12.0. The zero-order valence-electron chi connectivity index (χ0n) is 15.0. The Morgan fingerprint density at radius 2 is 1.87 bits per heavy atom. The van der Waals surface area contributed by atoms with Gasteiger partial charge in [-0.25, -0.2) is 0 Å². The lowest BCUT2D eigenvalue weighted by atomic mass is 10.1. The summed E-state index contributed by atoms with van der Waals surface area (Å²) >= 11 is 8.15. The third-order valence-corrected chi connectivity index (χ3v) is 6.80. The minimum absolute atomic E-state index is 0.398. The molecule has 0 saturated carbocycles. The van der Waals surface area contributed by atoms with Crippen LogP contribution in [-0.4, -0.2) is 19.7 Å². The molecule has 150 valence electrons. The van der Waals surface area contributed by atoms with Gasteiger partial charge in [-0.2, -0.15) is 18.3 Å². The highest BCUT2D eigenvalue weighted by Crippen LogP contribution is 2.46. The van der Waals surface area contributed by atoms with Gasteiger partial charge in [0.1, 0.15) is 0 Å². The molecule has 0 fully saturated rings. The number of nitrogens with one attached hydrogen (secondary N) is 1. The van der Waals surface area contributed by atoms with Gasteiger partial charge in [0.15, 0.2) is 10.6 Å². The number of aromatic nitrogens is 4. The average molecular weight is 461 g/mol. The monoisotopic (exact) mass is 460 g/mol. The molecule has 0 saturated heterocycles. The van der Waals surface area contributed by atoms with Gasteiger partial charge in [0.05, 0.1) is 20.7 Å². The predicted molar refractivity (Wildman–Crippen MR) is 116 cm³/mol. The fraction of sp³-hybridized carbons (Fsp3) is 0.0500. The van der Waals surface area contributed by atoms with Gasteiger partial charge in [0, 0.05) is 22.3 Å². The highest BCUT2D eigenvalue weighted by Gasteiger charge is 2.32. The molecule has 0 radical (unpaired) electrons. The molecule has 1 aromatic carbocycles. The molecule has 0 aliphatic carbocycles. The first-order valence-corrected chi connectivity index (χ1v) is 10.8. The van der Waals surface area contributed by atoms with Gasteiger partial charge >= 0.3 is 6.18 Å². The fourth-order valence-electron chi connectivity index (χ4n) is 3.21. The van der Waals surface area contributed by atoms with Crippen LogP contribution >= 0.6 is 34.9 Å².